The van der Waals surface area contributed by atoms with Crippen molar-refractivity contribution >= 4 is 31.3 Å². The molecule has 1 aliphatic heterocycles. The molecule has 3 rings (SSSR count). The van der Waals surface area contributed by atoms with Gasteiger partial charge >= 0.3 is 14.2 Å². The second-order valence-corrected chi connectivity index (χ2v) is 8.07. The number of nitrogens with two attached hydrogens (primary N) is 1. The zero-order valence-electron chi connectivity index (χ0n) is 17.8. The van der Waals surface area contributed by atoms with Gasteiger partial charge in [-0.1, -0.05) is 0 Å². The number of carbonyl (C=O) groups excluding carboxylic acids is 1. The molecule has 0 radical (unpaired) electrons. The molecule has 178 valence electrons. The minimum Gasteiger partial charge on any atom is -0.476 e. The Morgan fingerprint density at radius 2 is 2.09 bits per heavy atom. The zero-order valence-corrected chi connectivity index (χ0v) is 18.8. The van der Waals surface area contributed by atoms with Crippen LogP contribution in [-0.2, 0) is 27.9 Å². The Morgan fingerprint density at radius 1 is 1.34 bits per heavy atom. The predicted molar refractivity (Wildman–Crippen MR) is 109 cm³/mol. The van der Waals surface area contributed by atoms with Crippen LogP contribution in [0.1, 0.15) is 27.0 Å². The van der Waals surface area contributed by atoms with Crippen LogP contribution in [0.4, 0.5) is 5.95 Å². The minimum absolute atomic E-state index is 0.0712. The van der Waals surface area contributed by atoms with Crippen molar-refractivity contribution in [3.05, 3.63) is 6.33 Å². The van der Waals surface area contributed by atoms with E-state index >= 15 is 0 Å². The largest absolute Gasteiger partial charge is 0.476 e. The van der Waals surface area contributed by atoms with Crippen LogP contribution < -0.4 is 10.5 Å². The van der Waals surface area contributed by atoms with Gasteiger partial charge in [0.1, 0.15) is 17.8 Å². The van der Waals surface area contributed by atoms with Gasteiger partial charge in [-0.05, 0) is 20.8 Å². The lowest BCUT2D eigenvalue weighted by Gasteiger charge is -2.27. The number of aromatic nitrogens is 4. The first-order valence-electron chi connectivity index (χ1n) is 9.82. The summed E-state index contributed by atoms with van der Waals surface area (Å²) in [5.41, 5.74) is 4.49. The van der Waals surface area contributed by atoms with Crippen molar-refractivity contribution in [3.8, 4) is 5.88 Å². The molecule has 1 aliphatic rings. The Bertz CT molecular complexity index is 985. The molecule has 0 amide bonds. The van der Waals surface area contributed by atoms with Gasteiger partial charge in [-0.3, -0.25) is 13.7 Å². The van der Waals surface area contributed by atoms with Crippen molar-refractivity contribution in [2.24, 2.45) is 0 Å². The van der Waals surface area contributed by atoms with E-state index in [0.29, 0.717) is 12.1 Å². The molecule has 4 N–H and O–H groups in total. The quantitative estimate of drug-likeness (QED) is 0.303. The molecule has 0 bridgehead atoms. The third-order valence-corrected chi connectivity index (χ3v) is 5.46. The molecular formula is C17H26N5O9P. The van der Waals surface area contributed by atoms with E-state index < -0.39 is 44.9 Å². The number of esters is 1. The van der Waals surface area contributed by atoms with Gasteiger partial charge in [-0.2, -0.15) is 9.97 Å². The number of imidazole rings is 1. The van der Waals surface area contributed by atoms with Crippen molar-refractivity contribution in [1.29, 1.82) is 0 Å². The normalized spacial score (nSPS) is 26.3. The highest BCUT2D eigenvalue weighted by Gasteiger charge is 2.53. The average Bonchev–Trinajstić information content (AvgIpc) is 3.24. The van der Waals surface area contributed by atoms with Crippen LogP contribution >= 0.6 is 8.25 Å². The molecule has 0 saturated carbocycles. The monoisotopic (exact) mass is 475 g/mol. The molecule has 2 aromatic rings. The standard InChI is InChI=1S/C17H26N5O9P/c1-4-27-10(23)7-30-32(26)29-6-9-12(24)17(3,25)15(31-9)22-8-19-11-13(22)20-16(18)21-14(11)28-5-2/h8-9,12,15,24-25,32H,4-7H2,1-3H3,(H2,18,20,21)/t9-,12-,15-,17-/m1/s1. The molecule has 0 spiro atoms. The summed E-state index contributed by atoms with van der Waals surface area (Å²) in [6.07, 6.45) is -2.28. The van der Waals surface area contributed by atoms with E-state index in [2.05, 4.69) is 19.7 Å². The van der Waals surface area contributed by atoms with Gasteiger partial charge in [-0.15, -0.1) is 0 Å². The topological polar surface area (TPSA) is 190 Å². The highest BCUT2D eigenvalue weighted by Crippen LogP contribution is 2.41. The highest BCUT2D eigenvalue weighted by atomic mass is 31.1. The Balaban J connectivity index is 1.73. The van der Waals surface area contributed by atoms with Gasteiger partial charge in [-0.25, -0.2) is 9.78 Å². The third kappa shape index (κ3) is 5.00. The van der Waals surface area contributed by atoms with Gasteiger partial charge in [0.25, 0.3) is 0 Å². The number of nitrogens with zero attached hydrogens (tertiary/aromatic N) is 4. The van der Waals surface area contributed by atoms with Gasteiger partial charge in [0, 0.05) is 0 Å². The molecule has 1 saturated heterocycles. The maximum absolute atomic E-state index is 11.9. The van der Waals surface area contributed by atoms with Gasteiger partial charge in [0.2, 0.25) is 11.8 Å². The van der Waals surface area contributed by atoms with Crippen molar-refractivity contribution < 1.29 is 42.8 Å². The maximum Gasteiger partial charge on any atom is 0.332 e. The van der Waals surface area contributed by atoms with E-state index in [1.807, 2.05) is 0 Å². The van der Waals surface area contributed by atoms with Gasteiger partial charge < -0.3 is 34.7 Å². The molecule has 0 aromatic carbocycles. The van der Waals surface area contributed by atoms with Crippen molar-refractivity contribution in [1.82, 2.24) is 19.5 Å². The second kappa shape index (κ2) is 10.1. The predicted octanol–water partition coefficient (Wildman–Crippen LogP) is -0.197. The fourth-order valence-electron chi connectivity index (χ4n) is 3.21. The Labute approximate surface area is 183 Å². The van der Waals surface area contributed by atoms with E-state index in [9.17, 15) is 19.6 Å². The number of rotatable bonds is 10. The molecule has 32 heavy (non-hydrogen) atoms. The minimum atomic E-state index is -3.07. The van der Waals surface area contributed by atoms with Gasteiger partial charge in [0.15, 0.2) is 24.0 Å². The van der Waals surface area contributed by atoms with Crippen molar-refractivity contribution in [2.45, 2.75) is 44.8 Å². The SMILES string of the molecule is CCOC(=O)CO[PH](=O)OC[C@H]1O[C@@H](n2cnc3c(OCC)nc(N)nc32)[C@](C)(O)[C@@H]1O. The number of hydrogen-bond donors (Lipinski definition) is 3. The molecule has 1 unspecified atom stereocenters. The molecule has 1 fully saturated rings. The summed E-state index contributed by atoms with van der Waals surface area (Å²) < 4.78 is 39.0. The van der Waals surface area contributed by atoms with E-state index in [4.69, 9.17) is 24.3 Å². The van der Waals surface area contributed by atoms with Crippen LogP contribution in [0, 0.1) is 0 Å². The Morgan fingerprint density at radius 3 is 2.78 bits per heavy atom. The first-order valence-corrected chi connectivity index (χ1v) is 11.0. The summed E-state index contributed by atoms with van der Waals surface area (Å²) in [4.78, 5) is 23.6. The fourth-order valence-corrected chi connectivity index (χ4v) is 3.83. The lowest BCUT2D eigenvalue weighted by Crippen LogP contribution is -2.44. The number of carbonyl (C=O) groups is 1. The molecule has 5 atom stereocenters. The number of aliphatic hydroxyl groups excluding tert-OH is 1. The van der Waals surface area contributed by atoms with Crippen LogP contribution in [0.25, 0.3) is 11.2 Å². The number of ether oxygens (including phenoxy) is 3. The number of aliphatic hydroxyl groups is 2. The zero-order chi connectivity index (χ0) is 23.5. The summed E-state index contributed by atoms with van der Waals surface area (Å²) in [6, 6.07) is 0. The number of nitrogen functional groups attached to an aromatic ring is 1. The Kier molecular flexibility index (Phi) is 7.64. The molecule has 15 heteroatoms. The third-order valence-electron chi connectivity index (χ3n) is 4.67. The van der Waals surface area contributed by atoms with Crippen LogP contribution in [0.5, 0.6) is 5.88 Å². The smallest absolute Gasteiger partial charge is 0.332 e. The van der Waals surface area contributed by atoms with Crippen LogP contribution in [0.15, 0.2) is 6.33 Å². The number of fused-ring (bicyclic) bond motifs is 1. The highest BCUT2D eigenvalue weighted by molar-refractivity contribution is 7.33. The number of hydrogen-bond acceptors (Lipinski definition) is 13. The lowest BCUT2D eigenvalue weighted by molar-refractivity contribution is -0.145. The van der Waals surface area contributed by atoms with Crippen LogP contribution in [0.3, 0.4) is 0 Å². The van der Waals surface area contributed by atoms with E-state index in [1.165, 1.54) is 17.8 Å². The molecule has 2 aromatic heterocycles. The summed E-state index contributed by atoms with van der Waals surface area (Å²) in [7, 11) is -3.07. The van der Waals surface area contributed by atoms with Crippen LogP contribution in [-0.4, -0.2) is 79.9 Å². The second-order valence-electron chi connectivity index (χ2n) is 7.00. The van der Waals surface area contributed by atoms with Crippen molar-refractivity contribution in [2.75, 3.05) is 32.2 Å². The van der Waals surface area contributed by atoms with Crippen LogP contribution in [0.2, 0.25) is 0 Å². The lowest BCUT2D eigenvalue weighted by atomic mass is 9.96. The molecule has 3 heterocycles. The molecular weight excluding hydrogens is 449 g/mol. The average molecular weight is 475 g/mol. The first kappa shape index (κ1) is 24.3. The molecule has 0 aliphatic carbocycles. The molecule has 14 nitrogen and oxygen atoms in total. The Hall–Kier alpha value is -2.35. The number of anilines is 1. The maximum atomic E-state index is 11.9. The summed E-state index contributed by atoms with van der Waals surface area (Å²) in [5, 5.41) is 21.5. The van der Waals surface area contributed by atoms with E-state index in [1.54, 1.807) is 13.8 Å². The van der Waals surface area contributed by atoms with Gasteiger partial charge in [0.05, 0.1) is 26.1 Å². The summed E-state index contributed by atoms with van der Waals surface area (Å²) in [5.74, 6) is -0.587. The summed E-state index contributed by atoms with van der Waals surface area (Å²) >= 11 is 0. The fraction of sp³-hybridized carbons (Fsp3) is 0.647. The van der Waals surface area contributed by atoms with Crippen molar-refractivity contribution in [3.63, 3.8) is 0 Å². The van der Waals surface area contributed by atoms with E-state index in [0.717, 1.165) is 0 Å². The van der Waals surface area contributed by atoms with E-state index in [-0.39, 0.29) is 30.7 Å². The first-order chi connectivity index (χ1) is 15.2. The summed E-state index contributed by atoms with van der Waals surface area (Å²) in [6.45, 7) is 4.34.